The van der Waals surface area contributed by atoms with Gasteiger partial charge in [-0.25, -0.2) is 13.1 Å². The maximum absolute atomic E-state index is 11.3. The molecule has 0 heterocycles. The highest BCUT2D eigenvalue weighted by Gasteiger charge is 2.10. The van der Waals surface area contributed by atoms with Gasteiger partial charge in [-0.15, -0.1) is 0 Å². The van der Waals surface area contributed by atoms with Gasteiger partial charge in [0, 0.05) is 13.2 Å². The van der Waals surface area contributed by atoms with Crippen LogP contribution in [0.4, 0.5) is 0 Å². The Bertz CT molecular complexity index is 229. The average molecular weight is 224 g/mol. The van der Waals surface area contributed by atoms with E-state index in [4.69, 9.17) is 10.5 Å². The molecule has 6 heteroatoms. The minimum Gasteiger partial charge on any atom is -0.381 e. The van der Waals surface area contributed by atoms with Crippen molar-refractivity contribution in [3.63, 3.8) is 0 Å². The van der Waals surface area contributed by atoms with Gasteiger partial charge in [-0.1, -0.05) is 6.92 Å². The fraction of sp³-hybridized carbons (Fsp3) is 1.00. The third kappa shape index (κ3) is 7.25. The molecule has 0 saturated carbocycles. The van der Waals surface area contributed by atoms with E-state index in [-0.39, 0.29) is 18.3 Å². The first-order valence-corrected chi connectivity index (χ1v) is 6.42. The van der Waals surface area contributed by atoms with Crippen molar-refractivity contribution in [3.8, 4) is 0 Å². The van der Waals surface area contributed by atoms with Gasteiger partial charge in [0.25, 0.3) is 0 Å². The quantitative estimate of drug-likeness (QED) is 0.547. The molecule has 0 bridgehead atoms. The molecule has 0 amide bonds. The Morgan fingerprint density at radius 3 is 2.64 bits per heavy atom. The number of sulfonamides is 1. The molecule has 0 aromatic rings. The number of nitrogens with two attached hydrogens (primary N) is 1. The predicted molar refractivity (Wildman–Crippen MR) is 56.5 cm³/mol. The highest BCUT2D eigenvalue weighted by Crippen LogP contribution is 1.91. The first kappa shape index (κ1) is 13.8. The minimum absolute atomic E-state index is 0.0120. The Morgan fingerprint density at radius 1 is 1.50 bits per heavy atom. The number of hydrogen-bond acceptors (Lipinski definition) is 4. The lowest BCUT2D eigenvalue weighted by molar-refractivity contribution is 0.163. The van der Waals surface area contributed by atoms with Crippen molar-refractivity contribution in [1.82, 2.24) is 4.72 Å². The van der Waals surface area contributed by atoms with E-state index >= 15 is 0 Å². The molecular weight excluding hydrogens is 204 g/mol. The summed E-state index contributed by atoms with van der Waals surface area (Å²) in [5, 5.41) is 0. The summed E-state index contributed by atoms with van der Waals surface area (Å²) in [7, 11) is -3.19. The van der Waals surface area contributed by atoms with E-state index in [2.05, 4.69) is 4.72 Å². The molecule has 0 spiro atoms. The summed E-state index contributed by atoms with van der Waals surface area (Å²) in [5.74, 6) is 0.176. The normalized spacial score (nSPS) is 14.2. The highest BCUT2D eigenvalue weighted by atomic mass is 32.2. The Labute approximate surface area is 86.1 Å². The van der Waals surface area contributed by atoms with Crippen LogP contribution < -0.4 is 10.5 Å². The van der Waals surface area contributed by atoms with Gasteiger partial charge < -0.3 is 10.5 Å². The molecule has 3 N–H and O–H groups in total. The van der Waals surface area contributed by atoms with Crippen LogP contribution >= 0.6 is 0 Å². The summed E-state index contributed by atoms with van der Waals surface area (Å²) in [6.45, 7) is 5.37. The lowest BCUT2D eigenvalue weighted by Crippen LogP contribution is -2.34. The van der Waals surface area contributed by atoms with E-state index in [9.17, 15) is 8.42 Å². The van der Waals surface area contributed by atoms with E-state index in [0.717, 1.165) is 0 Å². The van der Waals surface area contributed by atoms with Gasteiger partial charge in [0.15, 0.2) is 0 Å². The van der Waals surface area contributed by atoms with Crippen molar-refractivity contribution < 1.29 is 13.2 Å². The SMILES string of the molecule is CCOCCS(=O)(=O)NCC(C)CN. The van der Waals surface area contributed by atoms with Gasteiger partial charge in [-0.05, 0) is 19.4 Å². The number of ether oxygens (including phenoxy) is 1. The van der Waals surface area contributed by atoms with E-state index in [1.54, 1.807) is 0 Å². The number of rotatable bonds is 8. The summed E-state index contributed by atoms with van der Waals surface area (Å²) in [6, 6.07) is 0. The molecule has 1 atom stereocenters. The predicted octanol–water partition coefficient (Wildman–Crippen LogP) is -0.463. The average Bonchev–Trinajstić information content (AvgIpc) is 2.14. The van der Waals surface area contributed by atoms with Crippen molar-refractivity contribution in [2.24, 2.45) is 11.7 Å². The second kappa shape index (κ2) is 7.17. The second-order valence-electron chi connectivity index (χ2n) is 3.21. The third-order valence-corrected chi connectivity index (χ3v) is 3.07. The molecule has 0 aromatic heterocycles. The Kier molecular flexibility index (Phi) is 7.08. The van der Waals surface area contributed by atoms with Crippen LogP contribution in [0.5, 0.6) is 0 Å². The highest BCUT2D eigenvalue weighted by molar-refractivity contribution is 7.89. The molecule has 0 aliphatic carbocycles. The van der Waals surface area contributed by atoms with Crippen LogP contribution in [0.3, 0.4) is 0 Å². The van der Waals surface area contributed by atoms with Crippen molar-refractivity contribution in [2.45, 2.75) is 13.8 Å². The summed E-state index contributed by atoms with van der Waals surface area (Å²) >= 11 is 0. The molecule has 0 aliphatic heterocycles. The van der Waals surface area contributed by atoms with Gasteiger partial charge in [0.1, 0.15) is 0 Å². The zero-order valence-electron chi connectivity index (χ0n) is 8.82. The van der Waals surface area contributed by atoms with Crippen LogP contribution in [0.2, 0.25) is 0 Å². The van der Waals surface area contributed by atoms with Crippen molar-refractivity contribution >= 4 is 10.0 Å². The van der Waals surface area contributed by atoms with E-state index in [1.807, 2.05) is 13.8 Å². The maximum atomic E-state index is 11.3. The number of hydrogen-bond donors (Lipinski definition) is 2. The first-order chi connectivity index (χ1) is 6.52. The van der Waals surface area contributed by atoms with E-state index < -0.39 is 10.0 Å². The zero-order chi connectivity index (χ0) is 11.0. The summed E-state index contributed by atoms with van der Waals surface area (Å²) in [5.41, 5.74) is 5.36. The Morgan fingerprint density at radius 2 is 2.14 bits per heavy atom. The molecule has 86 valence electrons. The third-order valence-electron chi connectivity index (χ3n) is 1.75. The van der Waals surface area contributed by atoms with E-state index in [1.165, 1.54) is 0 Å². The van der Waals surface area contributed by atoms with Gasteiger partial charge in [0.2, 0.25) is 10.0 Å². The monoisotopic (exact) mass is 224 g/mol. The Hall–Kier alpha value is -0.170. The van der Waals surface area contributed by atoms with Crippen molar-refractivity contribution in [3.05, 3.63) is 0 Å². The minimum atomic E-state index is -3.19. The molecule has 0 fully saturated rings. The first-order valence-electron chi connectivity index (χ1n) is 4.77. The van der Waals surface area contributed by atoms with Crippen molar-refractivity contribution in [1.29, 1.82) is 0 Å². The van der Waals surface area contributed by atoms with E-state index in [0.29, 0.717) is 19.7 Å². The van der Waals surface area contributed by atoms with Crippen LogP contribution in [0.25, 0.3) is 0 Å². The molecule has 0 saturated heterocycles. The van der Waals surface area contributed by atoms with Gasteiger partial charge >= 0.3 is 0 Å². The van der Waals surface area contributed by atoms with Gasteiger partial charge in [0.05, 0.1) is 12.4 Å². The smallest absolute Gasteiger partial charge is 0.213 e. The molecule has 14 heavy (non-hydrogen) atoms. The standard InChI is InChI=1S/C8H20N2O3S/c1-3-13-4-5-14(11,12)10-7-8(2)6-9/h8,10H,3-7,9H2,1-2H3. The maximum Gasteiger partial charge on any atom is 0.213 e. The van der Waals surface area contributed by atoms with Crippen LogP contribution in [0.1, 0.15) is 13.8 Å². The van der Waals surface area contributed by atoms with Crippen LogP contribution in [0, 0.1) is 5.92 Å². The largest absolute Gasteiger partial charge is 0.381 e. The summed E-state index contributed by atoms with van der Waals surface area (Å²) < 4.78 is 30.0. The topological polar surface area (TPSA) is 81.4 Å². The fourth-order valence-corrected chi connectivity index (χ4v) is 1.76. The molecule has 0 aromatic carbocycles. The molecule has 1 unspecified atom stereocenters. The van der Waals surface area contributed by atoms with Crippen LogP contribution in [-0.4, -0.2) is 40.5 Å². The lowest BCUT2D eigenvalue weighted by atomic mass is 10.2. The lowest BCUT2D eigenvalue weighted by Gasteiger charge is -2.10. The van der Waals surface area contributed by atoms with Crippen molar-refractivity contribution in [2.75, 3.05) is 32.1 Å². The Balaban J connectivity index is 3.73. The molecular formula is C8H20N2O3S. The fourth-order valence-electron chi connectivity index (χ4n) is 0.738. The molecule has 0 rings (SSSR count). The number of nitrogens with one attached hydrogen (secondary N) is 1. The molecule has 0 aliphatic rings. The van der Waals surface area contributed by atoms with Crippen LogP contribution in [0.15, 0.2) is 0 Å². The summed E-state index contributed by atoms with van der Waals surface area (Å²) in [6.07, 6.45) is 0. The zero-order valence-corrected chi connectivity index (χ0v) is 9.64. The summed E-state index contributed by atoms with van der Waals surface area (Å²) in [4.78, 5) is 0. The van der Waals surface area contributed by atoms with Gasteiger partial charge in [-0.3, -0.25) is 0 Å². The molecule has 0 radical (unpaired) electrons. The second-order valence-corrected chi connectivity index (χ2v) is 5.13. The van der Waals surface area contributed by atoms with Crippen LogP contribution in [-0.2, 0) is 14.8 Å². The van der Waals surface area contributed by atoms with Gasteiger partial charge in [-0.2, -0.15) is 0 Å². The molecule has 5 nitrogen and oxygen atoms in total.